The predicted octanol–water partition coefficient (Wildman–Crippen LogP) is 5.63. The fourth-order valence-electron chi connectivity index (χ4n) is 3.69. The molecule has 1 aromatic heterocycles. The number of ether oxygens (including phenoxy) is 1. The van der Waals surface area contributed by atoms with Crippen molar-refractivity contribution < 1.29 is 19.4 Å². The van der Waals surface area contributed by atoms with Crippen LogP contribution in [0.15, 0.2) is 48.5 Å². The fraction of sp³-hybridized carbons (Fsp3) is 0.261. The lowest BCUT2D eigenvalue weighted by Crippen LogP contribution is -2.31. The van der Waals surface area contributed by atoms with E-state index in [0.29, 0.717) is 33.0 Å². The van der Waals surface area contributed by atoms with Crippen molar-refractivity contribution in [3.8, 4) is 5.75 Å². The number of hydrogen-bond donors (Lipinski definition) is 1. The van der Waals surface area contributed by atoms with Gasteiger partial charge in [-0.1, -0.05) is 47.5 Å². The van der Waals surface area contributed by atoms with Crippen LogP contribution in [0.25, 0.3) is 0 Å². The Bertz CT molecular complexity index is 1130. The average molecular weight is 491 g/mol. The summed E-state index contributed by atoms with van der Waals surface area (Å²) in [7, 11) is 0. The topological polar surface area (TPSA) is 79.7 Å². The third kappa shape index (κ3) is 5.06. The zero-order valence-corrected chi connectivity index (χ0v) is 19.3. The van der Waals surface area contributed by atoms with Crippen molar-refractivity contribution in [2.45, 2.75) is 31.9 Å². The Kier molecular flexibility index (Phi) is 6.98. The number of carboxylic acid groups (broad SMARTS) is 1. The molecule has 4 rings (SSSR count). The Hall–Kier alpha value is -2.61. The molecule has 1 atom stereocenters. The number of rotatable bonds is 7. The van der Waals surface area contributed by atoms with Crippen molar-refractivity contribution in [3.05, 3.63) is 79.7 Å². The summed E-state index contributed by atoms with van der Waals surface area (Å²) in [5.41, 5.74) is 1.21. The smallest absolute Gasteiger partial charge is 0.347 e. The van der Waals surface area contributed by atoms with Crippen LogP contribution in [0.4, 0.5) is 0 Å². The van der Waals surface area contributed by atoms with Crippen LogP contribution in [0.2, 0.25) is 10.0 Å². The van der Waals surface area contributed by atoms with Crippen LogP contribution in [0.1, 0.15) is 44.8 Å². The first-order valence-corrected chi connectivity index (χ1v) is 11.6. The molecule has 0 radical (unpaired) electrons. The fourth-order valence-corrected chi connectivity index (χ4v) is 5.06. The number of para-hydroxylation sites is 1. The summed E-state index contributed by atoms with van der Waals surface area (Å²) in [6, 6.07) is 13.9. The maximum Gasteiger partial charge on any atom is 0.347 e. The molecule has 0 spiro atoms. The molecule has 1 aliphatic rings. The summed E-state index contributed by atoms with van der Waals surface area (Å²) < 4.78 is 5.71. The molecule has 1 N–H and O–H groups in total. The van der Waals surface area contributed by atoms with Gasteiger partial charge in [0.25, 0.3) is 0 Å². The highest BCUT2D eigenvalue weighted by Crippen LogP contribution is 2.36. The van der Waals surface area contributed by atoms with Crippen LogP contribution >= 0.6 is 34.5 Å². The second-order valence-corrected chi connectivity index (χ2v) is 9.27. The number of amides is 1. The van der Waals surface area contributed by atoms with Gasteiger partial charge in [0.15, 0.2) is 0 Å². The molecule has 1 amide bonds. The van der Waals surface area contributed by atoms with Gasteiger partial charge in [0.05, 0.1) is 17.5 Å². The maximum absolute atomic E-state index is 13.0. The summed E-state index contributed by atoms with van der Waals surface area (Å²) in [6.07, 6.45) is 1.83. The van der Waals surface area contributed by atoms with E-state index in [0.717, 1.165) is 29.7 Å². The molecule has 166 valence electrons. The zero-order valence-electron chi connectivity index (χ0n) is 17.0. The summed E-state index contributed by atoms with van der Waals surface area (Å²) in [4.78, 5) is 31.3. The minimum atomic E-state index is -1.07. The van der Waals surface area contributed by atoms with Crippen molar-refractivity contribution >= 4 is 46.4 Å². The van der Waals surface area contributed by atoms with Crippen LogP contribution in [-0.4, -0.2) is 33.4 Å². The van der Waals surface area contributed by atoms with Gasteiger partial charge in [0, 0.05) is 11.6 Å². The highest BCUT2D eigenvalue weighted by Gasteiger charge is 2.33. The Labute approximate surface area is 199 Å². The molecule has 2 heterocycles. The van der Waals surface area contributed by atoms with E-state index < -0.39 is 5.97 Å². The van der Waals surface area contributed by atoms with Gasteiger partial charge < -0.3 is 14.7 Å². The van der Waals surface area contributed by atoms with E-state index in [1.807, 2.05) is 12.1 Å². The normalized spacial score (nSPS) is 15.7. The van der Waals surface area contributed by atoms with Gasteiger partial charge in [0.2, 0.25) is 5.91 Å². The lowest BCUT2D eigenvalue weighted by atomic mass is 10.1. The SMILES string of the molecule is O=C(O)c1sc([C@@H]2CCCN2C(=O)Cc2ccc(Cl)cc2)nc1COc1ccccc1Cl. The van der Waals surface area contributed by atoms with Gasteiger partial charge in [0.1, 0.15) is 27.9 Å². The number of halogens is 2. The second-order valence-electron chi connectivity index (χ2n) is 7.40. The van der Waals surface area contributed by atoms with Gasteiger partial charge >= 0.3 is 5.97 Å². The van der Waals surface area contributed by atoms with E-state index in [9.17, 15) is 14.7 Å². The van der Waals surface area contributed by atoms with Gasteiger partial charge in [-0.25, -0.2) is 9.78 Å². The molecular weight excluding hydrogens is 471 g/mol. The molecule has 0 unspecified atom stereocenters. The molecule has 3 aromatic rings. The molecule has 0 bridgehead atoms. The first-order chi connectivity index (χ1) is 15.4. The van der Waals surface area contributed by atoms with Crippen LogP contribution in [-0.2, 0) is 17.8 Å². The van der Waals surface area contributed by atoms with Crippen molar-refractivity contribution in [2.24, 2.45) is 0 Å². The summed E-state index contributed by atoms with van der Waals surface area (Å²) in [6.45, 7) is 0.595. The van der Waals surface area contributed by atoms with E-state index in [-0.39, 0.29) is 29.9 Å². The number of nitrogens with zero attached hydrogens (tertiary/aromatic N) is 2. The number of aromatic carboxylic acids is 1. The molecule has 1 fully saturated rings. The molecule has 1 aliphatic heterocycles. The van der Waals surface area contributed by atoms with Crippen molar-refractivity contribution in [3.63, 3.8) is 0 Å². The number of hydrogen-bond acceptors (Lipinski definition) is 5. The summed E-state index contributed by atoms with van der Waals surface area (Å²) >= 11 is 13.1. The van der Waals surface area contributed by atoms with Crippen LogP contribution in [0, 0.1) is 0 Å². The Morgan fingerprint density at radius 3 is 2.62 bits per heavy atom. The van der Waals surface area contributed by atoms with Crippen molar-refractivity contribution in [1.82, 2.24) is 9.88 Å². The number of carboxylic acids is 1. The molecule has 0 saturated carbocycles. The molecule has 0 aliphatic carbocycles. The highest BCUT2D eigenvalue weighted by atomic mass is 35.5. The first-order valence-electron chi connectivity index (χ1n) is 10.1. The van der Waals surface area contributed by atoms with Crippen molar-refractivity contribution in [2.75, 3.05) is 6.54 Å². The summed E-state index contributed by atoms with van der Waals surface area (Å²) in [5.74, 6) is -0.625. The number of benzene rings is 2. The van der Waals surface area contributed by atoms with Gasteiger partial charge in [-0.05, 0) is 42.7 Å². The van der Waals surface area contributed by atoms with E-state index in [1.165, 1.54) is 0 Å². The third-order valence-electron chi connectivity index (χ3n) is 5.24. The summed E-state index contributed by atoms with van der Waals surface area (Å²) in [5, 5.41) is 11.3. The van der Waals surface area contributed by atoms with Gasteiger partial charge in [-0.2, -0.15) is 0 Å². The Balaban J connectivity index is 1.52. The quantitative estimate of drug-likeness (QED) is 0.463. The maximum atomic E-state index is 13.0. The molecule has 2 aromatic carbocycles. The second kappa shape index (κ2) is 9.90. The monoisotopic (exact) mass is 490 g/mol. The Morgan fingerprint density at radius 1 is 1.16 bits per heavy atom. The molecule has 9 heteroatoms. The largest absolute Gasteiger partial charge is 0.486 e. The molecule has 1 saturated heterocycles. The Morgan fingerprint density at radius 2 is 1.91 bits per heavy atom. The van der Waals surface area contributed by atoms with Crippen LogP contribution < -0.4 is 4.74 Å². The number of aromatic nitrogens is 1. The predicted molar refractivity (Wildman–Crippen MR) is 124 cm³/mol. The minimum Gasteiger partial charge on any atom is -0.486 e. The lowest BCUT2D eigenvalue weighted by Gasteiger charge is -2.23. The highest BCUT2D eigenvalue weighted by molar-refractivity contribution is 7.13. The van der Waals surface area contributed by atoms with Gasteiger partial charge in [-0.15, -0.1) is 11.3 Å². The van der Waals surface area contributed by atoms with Crippen LogP contribution in [0.5, 0.6) is 5.75 Å². The number of likely N-dealkylation sites (tertiary alicyclic amines) is 1. The van der Waals surface area contributed by atoms with E-state index in [2.05, 4.69) is 4.98 Å². The number of carbonyl (C=O) groups is 2. The average Bonchev–Trinajstić information content (AvgIpc) is 3.42. The third-order valence-corrected chi connectivity index (χ3v) is 6.99. The molecule has 6 nitrogen and oxygen atoms in total. The molecular formula is C23H20Cl2N2O4S. The lowest BCUT2D eigenvalue weighted by molar-refractivity contribution is -0.131. The zero-order chi connectivity index (χ0) is 22.7. The van der Waals surface area contributed by atoms with E-state index in [4.69, 9.17) is 27.9 Å². The van der Waals surface area contributed by atoms with Gasteiger partial charge in [-0.3, -0.25) is 4.79 Å². The van der Waals surface area contributed by atoms with Crippen molar-refractivity contribution in [1.29, 1.82) is 0 Å². The first kappa shape index (κ1) is 22.6. The van der Waals surface area contributed by atoms with Crippen LogP contribution in [0.3, 0.4) is 0 Å². The minimum absolute atomic E-state index is 0.0178. The molecule has 32 heavy (non-hydrogen) atoms. The standard InChI is InChI=1S/C23H20Cl2N2O4S/c24-15-9-7-14(8-10-15)12-20(28)27-11-3-5-18(27)22-26-17(21(32-22)23(29)30)13-31-19-6-2-1-4-16(19)25/h1-2,4,6-10,18H,3,5,11-13H2,(H,29,30)/t18-/m0/s1. The number of carbonyl (C=O) groups excluding carboxylic acids is 1. The number of thiazole rings is 1. The van der Waals surface area contributed by atoms with E-state index in [1.54, 1.807) is 41.3 Å². The van der Waals surface area contributed by atoms with E-state index >= 15 is 0 Å².